The normalized spacial score (nSPS) is 21.7. The van der Waals surface area contributed by atoms with E-state index in [0.717, 1.165) is 24.3 Å². The van der Waals surface area contributed by atoms with Gasteiger partial charge in [-0.3, -0.25) is 0 Å². The van der Waals surface area contributed by atoms with E-state index in [0.29, 0.717) is 12.6 Å². The lowest BCUT2D eigenvalue weighted by Crippen LogP contribution is -2.29. The highest BCUT2D eigenvalue weighted by molar-refractivity contribution is 5.28. The van der Waals surface area contributed by atoms with E-state index in [1.54, 1.807) is 0 Å². The Balaban J connectivity index is 1.89. The minimum atomic E-state index is -0.383. The number of hydrogen-bond donors (Lipinski definition) is 2. The number of nitrogens with one attached hydrogen (secondary N) is 1. The van der Waals surface area contributed by atoms with Crippen molar-refractivity contribution in [1.29, 1.82) is 0 Å². The van der Waals surface area contributed by atoms with Gasteiger partial charge in [0, 0.05) is 6.04 Å². The molecule has 1 aromatic carbocycles. The lowest BCUT2D eigenvalue weighted by atomic mass is 9.99. The second kappa shape index (κ2) is 7.51. The van der Waals surface area contributed by atoms with Crippen molar-refractivity contribution in [3.05, 3.63) is 29.8 Å². The van der Waals surface area contributed by atoms with Crippen LogP contribution in [0.2, 0.25) is 0 Å². The van der Waals surface area contributed by atoms with Gasteiger partial charge in [0.05, 0.1) is 12.7 Å². The predicted molar refractivity (Wildman–Crippen MR) is 77.4 cm³/mol. The Labute approximate surface area is 116 Å². The van der Waals surface area contributed by atoms with Gasteiger partial charge in [0.15, 0.2) is 0 Å². The minimum Gasteiger partial charge on any atom is -0.494 e. The van der Waals surface area contributed by atoms with Crippen LogP contribution >= 0.6 is 0 Å². The molecular formula is C16H25NO2. The number of aliphatic hydroxyl groups is 1. The van der Waals surface area contributed by atoms with E-state index in [1.807, 2.05) is 31.2 Å². The molecule has 1 fully saturated rings. The van der Waals surface area contributed by atoms with Crippen molar-refractivity contribution in [2.75, 3.05) is 13.2 Å². The van der Waals surface area contributed by atoms with Gasteiger partial charge in [-0.25, -0.2) is 0 Å². The van der Waals surface area contributed by atoms with Crippen LogP contribution in [0.15, 0.2) is 24.3 Å². The molecule has 1 aliphatic heterocycles. The molecule has 1 aromatic rings. The Morgan fingerprint density at radius 1 is 1.26 bits per heavy atom. The van der Waals surface area contributed by atoms with Gasteiger partial charge in [-0.2, -0.15) is 0 Å². The Morgan fingerprint density at radius 3 is 2.79 bits per heavy atom. The van der Waals surface area contributed by atoms with Gasteiger partial charge in [0.1, 0.15) is 5.75 Å². The summed E-state index contributed by atoms with van der Waals surface area (Å²) in [4.78, 5) is 0. The third-order valence-corrected chi connectivity index (χ3v) is 3.75. The summed E-state index contributed by atoms with van der Waals surface area (Å²) < 4.78 is 5.41. The van der Waals surface area contributed by atoms with E-state index in [9.17, 15) is 5.11 Å². The van der Waals surface area contributed by atoms with Crippen LogP contribution in [0.4, 0.5) is 0 Å². The lowest BCUT2D eigenvalue weighted by molar-refractivity contribution is 0.150. The van der Waals surface area contributed by atoms with E-state index >= 15 is 0 Å². The first-order valence-corrected chi connectivity index (χ1v) is 7.44. The van der Waals surface area contributed by atoms with Crippen molar-refractivity contribution in [2.45, 2.75) is 51.2 Å². The third kappa shape index (κ3) is 4.51. The van der Waals surface area contributed by atoms with Crippen LogP contribution in [-0.4, -0.2) is 24.3 Å². The lowest BCUT2D eigenvalue weighted by Gasteiger charge is -2.20. The second-order valence-corrected chi connectivity index (χ2v) is 5.25. The molecule has 0 aliphatic carbocycles. The Bertz CT molecular complexity index is 356. The van der Waals surface area contributed by atoms with Crippen molar-refractivity contribution in [1.82, 2.24) is 5.32 Å². The first-order chi connectivity index (χ1) is 9.29. The molecule has 3 nitrogen and oxygen atoms in total. The molecule has 2 N–H and O–H groups in total. The Kier molecular flexibility index (Phi) is 5.67. The summed E-state index contributed by atoms with van der Waals surface area (Å²) >= 11 is 0. The van der Waals surface area contributed by atoms with Gasteiger partial charge >= 0.3 is 0 Å². The molecular weight excluding hydrogens is 238 g/mol. The maximum atomic E-state index is 10.3. The van der Waals surface area contributed by atoms with Crippen LogP contribution in [0.5, 0.6) is 5.75 Å². The number of benzene rings is 1. The molecule has 19 heavy (non-hydrogen) atoms. The van der Waals surface area contributed by atoms with Crippen LogP contribution in [0.1, 0.15) is 50.7 Å². The zero-order valence-corrected chi connectivity index (χ0v) is 11.8. The van der Waals surface area contributed by atoms with Gasteiger partial charge < -0.3 is 15.2 Å². The standard InChI is InChI=1S/C16H25NO2/c1-2-19-15-9-7-13(8-10-15)16(18)12-14-6-4-3-5-11-17-14/h7-10,14,16-18H,2-6,11-12H2,1H3. The largest absolute Gasteiger partial charge is 0.494 e. The maximum absolute atomic E-state index is 10.3. The summed E-state index contributed by atoms with van der Waals surface area (Å²) in [6.07, 6.45) is 5.43. The molecule has 0 aromatic heterocycles. The topological polar surface area (TPSA) is 41.5 Å². The number of rotatable bonds is 5. The summed E-state index contributed by atoms with van der Waals surface area (Å²) in [5, 5.41) is 13.8. The van der Waals surface area contributed by atoms with E-state index in [2.05, 4.69) is 5.32 Å². The van der Waals surface area contributed by atoms with Crippen molar-refractivity contribution in [3.63, 3.8) is 0 Å². The van der Waals surface area contributed by atoms with Gasteiger partial charge in [-0.15, -0.1) is 0 Å². The van der Waals surface area contributed by atoms with Crippen LogP contribution in [0.25, 0.3) is 0 Å². The van der Waals surface area contributed by atoms with Gasteiger partial charge in [0.25, 0.3) is 0 Å². The smallest absolute Gasteiger partial charge is 0.119 e. The molecule has 2 rings (SSSR count). The van der Waals surface area contributed by atoms with Gasteiger partial charge in [-0.1, -0.05) is 25.0 Å². The number of aliphatic hydroxyl groups excluding tert-OH is 1. The fourth-order valence-electron chi connectivity index (χ4n) is 2.66. The fourth-order valence-corrected chi connectivity index (χ4v) is 2.66. The Hall–Kier alpha value is -1.06. The van der Waals surface area contributed by atoms with E-state index in [-0.39, 0.29) is 6.10 Å². The van der Waals surface area contributed by atoms with E-state index in [4.69, 9.17) is 4.74 Å². The van der Waals surface area contributed by atoms with Crippen molar-refractivity contribution in [2.24, 2.45) is 0 Å². The summed E-state index contributed by atoms with van der Waals surface area (Å²) in [5.74, 6) is 0.867. The van der Waals surface area contributed by atoms with E-state index < -0.39 is 0 Å². The average Bonchev–Trinajstić information content (AvgIpc) is 2.68. The highest BCUT2D eigenvalue weighted by Crippen LogP contribution is 2.23. The van der Waals surface area contributed by atoms with Crippen LogP contribution in [-0.2, 0) is 0 Å². The van der Waals surface area contributed by atoms with Gasteiger partial charge in [0.2, 0.25) is 0 Å². The first-order valence-electron chi connectivity index (χ1n) is 7.44. The molecule has 3 heteroatoms. The molecule has 0 amide bonds. The van der Waals surface area contributed by atoms with Crippen molar-refractivity contribution >= 4 is 0 Å². The summed E-state index contributed by atoms with van der Waals surface area (Å²) in [5.41, 5.74) is 0.981. The zero-order valence-electron chi connectivity index (χ0n) is 11.8. The highest BCUT2D eigenvalue weighted by Gasteiger charge is 2.17. The second-order valence-electron chi connectivity index (χ2n) is 5.25. The predicted octanol–water partition coefficient (Wildman–Crippen LogP) is 3.04. The van der Waals surface area contributed by atoms with Crippen LogP contribution in [0, 0.1) is 0 Å². The molecule has 0 saturated carbocycles. The Morgan fingerprint density at radius 2 is 2.05 bits per heavy atom. The quantitative estimate of drug-likeness (QED) is 0.858. The summed E-state index contributed by atoms with van der Waals surface area (Å²) in [6, 6.07) is 8.24. The minimum absolute atomic E-state index is 0.383. The van der Waals surface area contributed by atoms with Crippen molar-refractivity contribution < 1.29 is 9.84 Å². The maximum Gasteiger partial charge on any atom is 0.119 e. The summed E-state index contributed by atoms with van der Waals surface area (Å²) in [7, 11) is 0. The monoisotopic (exact) mass is 263 g/mol. The van der Waals surface area contributed by atoms with Crippen molar-refractivity contribution in [3.8, 4) is 5.75 Å². The number of ether oxygens (including phenoxy) is 1. The molecule has 0 bridgehead atoms. The molecule has 0 radical (unpaired) electrons. The molecule has 1 aliphatic rings. The number of hydrogen-bond acceptors (Lipinski definition) is 3. The molecule has 1 heterocycles. The molecule has 106 valence electrons. The molecule has 2 unspecified atom stereocenters. The third-order valence-electron chi connectivity index (χ3n) is 3.75. The average molecular weight is 263 g/mol. The molecule has 0 spiro atoms. The van der Waals surface area contributed by atoms with Crippen LogP contribution < -0.4 is 10.1 Å². The summed E-state index contributed by atoms with van der Waals surface area (Å²) in [6.45, 7) is 3.73. The SMILES string of the molecule is CCOc1ccc(C(O)CC2CCCCCN2)cc1. The zero-order chi connectivity index (χ0) is 13.5. The first kappa shape index (κ1) is 14.4. The highest BCUT2D eigenvalue weighted by atomic mass is 16.5. The van der Waals surface area contributed by atoms with E-state index in [1.165, 1.54) is 25.7 Å². The molecule has 1 saturated heterocycles. The van der Waals surface area contributed by atoms with Crippen LogP contribution in [0.3, 0.4) is 0 Å². The van der Waals surface area contributed by atoms with Gasteiger partial charge in [-0.05, 0) is 50.4 Å². The molecule has 2 atom stereocenters. The fraction of sp³-hybridized carbons (Fsp3) is 0.625.